The second kappa shape index (κ2) is 6.96. The molecule has 0 aromatic carbocycles. The maximum atomic E-state index is 12.8. The van der Waals surface area contributed by atoms with Crippen LogP contribution in [0, 0.1) is 0 Å². The average molecular weight is 366 g/mol. The van der Waals surface area contributed by atoms with Crippen LogP contribution in [0.1, 0.15) is 26.7 Å². The van der Waals surface area contributed by atoms with Crippen LogP contribution in [0.3, 0.4) is 0 Å². The zero-order chi connectivity index (χ0) is 18.0. The van der Waals surface area contributed by atoms with E-state index in [1.54, 1.807) is 21.8 Å². The molecule has 1 aliphatic heterocycles. The highest BCUT2D eigenvalue weighted by atomic mass is 32.2. The summed E-state index contributed by atoms with van der Waals surface area (Å²) in [4.78, 5) is 18.3. The van der Waals surface area contributed by atoms with Gasteiger partial charge >= 0.3 is 0 Å². The van der Waals surface area contributed by atoms with Gasteiger partial charge in [0.05, 0.1) is 18.7 Å². The number of aromatic nitrogens is 4. The van der Waals surface area contributed by atoms with Gasteiger partial charge in [0, 0.05) is 25.7 Å². The number of sulfonamides is 1. The zero-order valence-electron chi connectivity index (χ0n) is 14.3. The molecule has 1 aliphatic rings. The fraction of sp³-hybridized carbons (Fsp3) is 0.533. The molecule has 1 N–H and O–H groups in total. The minimum Gasteiger partial charge on any atom is -0.321 e. The Morgan fingerprint density at radius 3 is 2.84 bits per heavy atom. The van der Waals surface area contributed by atoms with Crippen LogP contribution < -0.4 is 9.62 Å². The number of piperidine rings is 1. The van der Waals surface area contributed by atoms with Gasteiger partial charge < -0.3 is 4.57 Å². The topological polar surface area (TPSA) is 102 Å². The fourth-order valence-electron chi connectivity index (χ4n) is 3.03. The molecular formula is C15H22N6O3S. The Morgan fingerprint density at radius 2 is 2.12 bits per heavy atom. The number of nitrogens with one attached hydrogen (secondary N) is 1. The highest BCUT2D eigenvalue weighted by Crippen LogP contribution is 2.22. The molecule has 3 heterocycles. The Kier molecular flexibility index (Phi) is 4.91. The third-order valence-corrected chi connectivity index (χ3v) is 5.78. The summed E-state index contributed by atoms with van der Waals surface area (Å²) in [5.41, 5.74) is 0. The van der Waals surface area contributed by atoms with Gasteiger partial charge in [0.1, 0.15) is 11.9 Å². The summed E-state index contributed by atoms with van der Waals surface area (Å²) in [6.07, 6.45) is 5.57. The molecule has 1 fully saturated rings. The summed E-state index contributed by atoms with van der Waals surface area (Å²) < 4.78 is 31.1. The summed E-state index contributed by atoms with van der Waals surface area (Å²) in [6, 6.07) is 0.976. The molecule has 0 spiro atoms. The Hall–Kier alpha value is -2.20. The Labute approximate surface area is 146 Å². The minimum absolute atomic E-state index is 0.0681. The van der Waals surface area contributed by atoms with Gasteiger partial charge in [0.15, 0.2) is 5.03 Å². The summed E-state index contributed by atoms with van der Waals surface area (Å²) in [6.45, 7) is 5.45. The zero-order valence-corrected chi connectivity index (χ0v) is 15.1. The maximum absolute atomic E-state index is 12.8. The van der Waals surface area contributed by atoms with Crippen molar-refractivity contribution in [3.05, 3.63) is 24.8 Å². The number of nitrogens with zero attached hydrogens (tertiary/aromatic N) is 5. The van der Waals surface area contributed by atoms with Crippen LogP contribution >= 0.6 is 0 Å². The van der Waals surface area contributed by atoms with Gasteiger partial charge in [-0.15, -0.1) is 0 Å². The first-order valence-electron chi connectivity index (χ1n) is 8.33. The SMILES string of the molecule is CCn1cncc1S(=O)(=O)NC1CCCN(c2ccnn2CC)C1=O. The molecule has 1 atom stereocenters. The van der Waals surface area contributed by atoms with Gasteiger partial charge in [0.2, 0.25) is 5.91 Å². The molecule has 2 aromatic heterocycles. The molecule has 0 saturated carbocycles. The highest BCUT2D eigenvalue weighted by molar-refractivity contribution is 7.89. The van der Waals surface area contributed by atoms with Crippen molar-refractivity contribution in [1.82, 2.24) is 24.1 Å². The van der Waals surface area contributed by atoms with Gasteiger partial charge in [-0.25, -0.2) is 18.1 Å². The quantitative estimate of drug-likeness (QED) is 0.806. The Morgan fingerprint density at radius 1 is 1.32 bits per heavy atom. The molecule has 9 nitrogen and oxygen atoms in total. The van der Waals surface area contributed by atoms with Gasteiger partial charge in [-0.2, -0.15) is 9.82 Å². The molecule has 25 heavy (non-hydrogen) atoms. The lowest BCUT2D eigenvalue weighted by atomic mass is 10.1. The van der Waals surface area contributed by atoms with Crippen LogP contribution in [0.4, 0.5) is 5.82 Å². The van der Waals surface area contributed by atoms with E-state index in [0.717, 1.165) is 0 Å². The van der Waals surface area contributed by atoms with Crippen molar-refractivity contribution in [2.24, 2.45) is 0 Å². The number of carbonyl (C=O) groups excluding carboxylic acids is 1. The van der Waals surface area contributed by atoms with Gasteiger partial charge in [-0.3, -0.25) is 9.69 Å². The number of aryl methyl sites for hydroxylation is 2. The van der Waals surface area contributed by atoms with Crippen molar-refractivity contribution in [2.45, 2.75) is 50.8 Å². The van der Waals surface area contributed by atoms with E-state index >= 15 is 0 Å². The lowest BCUT2D eigenvalue weighted by molar-refractivity contribution is -0.121. The Bertz CT molecular complexity index is 856. The molecule has 1 amide bonds. The summed E-state index contributed by atoms with van der Waals surface area (Å²) >= 11 is 0. The van der Waals surface area contributed by atoms with E-state index in [0.29, 0.717) is 38.3 Å². The van der Waals surface area contributed by atoms with Crippen molar-refractivity contribution in [1.29, 1.82) is 0 Å². The molecule has 10 heteroatoms. The lowest BCUT2D eigenvalue weighted by Gasteiger charge is -2.32. The van der Waals surface area contributed by atoms with E-state index in [-0.39, 0.29) is 10.9 Å². The molecule has 1 saturated heterocycles. The van der Waals surface area contributed by atoms with Crippen LogP contribution in [0.25, 0.3) is 0 Å². The third kappa shape index (κ3) is 3.31. The molecule has 136 valence electrons. The number of anilines is 1. The average Bonchev–Trinajstić information content (AvgIpc) is 3.25. The molecule has 1 unspecified atom stereocenters. The first-order chi connectivity index (χ1) is 12.0. The van der Waals surface area contributed by atoms with Crippen LogP contribution in [0.2, 0.25) is 0 Å². The lowest BCUT2D eigenvalue weighted by Crippen LogP contribution is -2.53. The maximum Gasteiger partial charge on any atom is 0.258 e. The molecule has 3 rings (SSSR count). The van der Waals surface area contributed by atoms with Crippen molar-refractivity contribution in [3.8, 4) is 0 Å². The van der Waals surface area contributed by atoms with E-state index in [1.807, 2.05) is 13.8 Å². The van der Waals surface area contributed by atoms with Crippen molar-refractivity contribution in [2.75, 3.05) is 11.4 Å². The highest BCUT2D eigenvalue weighted by Gasteiger charge is 2.35. The van der Waals surface area contributed by atoms with Gasteiger partial charge in [-0.05, 0) is 26.7 Å². The number of imidazole rings is 1. The van der Waals surface area contributed by atoms with Crippen LogP contribution in [-0.4, -0.2) is 46.2 Å². The predicted molar refractivity (Wildman–Crippen MR) is 91.5 cm³/mol. The first-order valence-corrected chi connectivity index (χ1v) is 9.82. The number of rotatable bonds is 6. The van der Waals surface area contributed by atoms with Crippen LogP contribution in [0.15, 0.2) is 29.8 Å². The third-order valence-electron chi connectivity index (χ3n) is 4.30. The van der Waals surface area contributed by atoms with E-state index in [2.05, 4.69) is 14.8 Å². The molecule has 2 aromatic rings. The molecule has 0 radical (unpaired) electrons. The first kappa shape index (κ1) is 17.6. The van der Waals surface area contributed by atoms with Crippen molar-refractivity contribution in [3.63, 3.8) is 0 Å². The second-order valence-corrected chi connectivity index (χ2v) is 7.49. The smallest absolute Gasteiger partial charge is 0.258 e. The minimum atomic E-state index is -3.82. The predicted octanol–water partition coefficient (Wildman–Crippen LogP) is 0.593. The number of carbonyl (C=O) groups is 1. The molecular weight excluding hydrogens is 344 g/mol. The van der Waals surface area contributed by atoms with Crippen LogP contribution in [-0.2, 0) is 27.9 Å². The van der Waals surface area contributed by atoms with Gasteiger partial charge in [-0.1, -0.05) is 0 Å². The van der Waals surface area contributed by atoms with Crippen molar-refractivity contribution < 1.29 is 13.2 Å². The monoisotopic (exact) mass is 366 g/mol. The van der Waals surface area contributed by atoms with E-state index in [9.17, 15) is 13.2 Å². The number of hydrogen-bond acceptors (Lipinski definition) is 5. The molecule has 0 bridgehead atoms. The van der Waals surface area contributed by atoms with E-state index in [1.165, 1.54) is 17.1 Å². The fourth-order valence-corrected chi connectivity index (χ4v) is 4.43. The van der Waals surface area contributed by atoms with Gasteiger partial charge in [0.25, 0.3) is 10.0 Å². The summed E-state index contributed by atoms with van der Waals surface area (Å²) in [5, 5.41) is 4.25. The second-order valence-electron chi connectivity index (χ2n) is 5.83. The number of hydrogen-bond donors (Lipinski definition) is 1. The number of amides is 1. The Balaban J connectivity index is 1.82. The largest absolute Gasteiger partial charge is 0.321 e. The summed E-state index contributed by atoms with van der Waals surface area (Å²) in [5.74, 6) is 0.433. The van der Waals surface area contributed by atoms with E-state index in [4.69, 9.17) is 0 Å². The van der Waals surface area contributed by atoms with Crippen molar-refractivity contribution >= 4 is 21.7 Å². The normalized spacial score (nSPS) is 18.7. The van der Waals surface area contributed by atoms with Crippen LogP contribution in [0.5, 0.6) is 0 Å². The summed E-state index contributed by atoms with van der Waals surface area (Å²) in [7, 11) is -3.82. The standard InChI is InChI=1S/C15H22N6O3S/c1-3-19-11-16-10-14(19)25(23,24)18-12-6-5-9-20(15(12)22)13-7-8-17-21(13)4-2/h7-8,10-12,18H,3-6,9H2,1-2H3. The molecule has 0 aliphatic carbocycles. The van der Waals surface area contributed by atoms with E-state index < -0.39 is 16.1 Å².